The van der Waals surface area contributed by atoms with Crippen LogP contribution in [0.3, 0.4) is 0 Å². The predicted molar refractivity (Wildman–Crippen MR) is 104 cm³/mol. The number of hydrogen-bond acceptors (Lipinski definition) is 4. The molecule has 0 radical (unpaired) electrons. The summed E-state index contributed by atoms with van der Waals surface area (Å²) in [7, 11) is 0. The lowest BCUT2D eigenvalue weighted by atomic mass is 10.0. The number of halogens is 6. The van der Waals surface area contributed by atoms with Gasteiger partial charge in [-0.25, -0.2) is 9.67 Å². The number of benzene rings is 2. The van der Waals surface area contributed by atoms with Crippen molar-refractivity contribution in [3.05, 3.63) is 77.1 Å². The van der Waals surface area contributed by atoms with E-state index in [0.717, 1.165) is 10.2 Å². The Hall–Kier alpha value is -3.41. The van der Waals surface area contributed by atoms with Gasteiger partial charge in [-0.15, -0.1) is 0 Å². The van der Waals surface area contributed by atoms with E-state index in [2.05, 4.69) is 15.4 Å². The van der Waals surface area contributed by atoms with Gasteiger partial charge in [-0.3, -0.25) is 4.79 Å². The zero-order valence-electron chi connectivity index (χ0n) is 15.8. The Morgan fingerprint density at radius 3 is 2.28 bits per heavy atom. The van der Waals surface area contributed by atoms with Crippen LogP contribution in [0.5, 0.6) is 0 Å². The van der Waals surface area contributed by atoms with Crippen LogP contribution in [0.15, 0.2) is 54.9 Å². The van der Waals surface area contributed by atoms with Gasteiger partial charge in [0.25, 0.3) is 5.91 Å². The number of amides is 1. The molecular formula is C20H12F6N4OS. The van der Waals surface area contributed by atoms with Gasteiger partial charge in [0.05, 0.1) is 33.1 Å². The van der Waals surface area contributed by atoms with Crippen LogP contribution in [0.25, 0.3) is 15.3 Å². The smallest absolute Gasteiger partial charge is 0.348 e. The van der Waals surface area contributed by atoms with Gasteiger partial charge in [0.1, 0.15) is 0 Å². The van der Waals surface area contributed by atoms with Crippen molar-refractivity contribution in [1.82, 2.24) is 20.1 Å². The Labute approximate surface area is 180 Å². The molecule has 0 aliphatic rings. The molecule has 0 spiro atoms. The van der Waals surface area contributed by atoms with E-state index in [9.17, 15) is 31.1 Å². The summed E-state index contributed by atoms with van der Waals surface area (Å²) in [5, 5.41) is 6.87. The standard InChI is InChI=1S/C20H12F6N4OS/c21-19(22,23)13-5-11(6-14(7-13)20(24,25)26)8-27-17(31)12-9-28-30(10-12)18-29-15-3-1-2-4-16(15)32-18/h1-7,9-10H,8H2,(H,27,31). The summed E-state index contributed by atoms with van der Waals surface area (Å²) < 4.78 is 80.1. The van der Waals surface area contributed by atoms with E-state index < -0.39 is 35.9 Å². The molecule has 12 heteroatoms. The van der Waals surface area contributed by atoms with Crippen LogP contribution in [0.1, 0.15) is 27.0 Å². The Morgan fingerprint density at radius 2 is 1.66 bits per heavy atom. The fourth-order valence-corrected chi connectivity index (χ4v) is 3.81. The minimum absolute atomic E-state index is 0.0351. The monoisotopic (exact) mass is 470 g/mol. The first kappa shape index (κ1) is 21.8. The third-order valence-corrected chi connectivity index (χ3v) is 5.45. The van der Waals surface area contributed by atoms with Gasteiger partial charge in [0.2, 0.25) is 5.13 Å². The normalized spacial score (nSPS) is 12.3. The van der Waals surface area contributed by atoms with Crippen molar-refractivity contribution in [2.24, 2.45) is 0 Å². The molecule has 5 nitrogen and oxygen atoms in total. The molecule has 1 amide bonds. The third kappa shape index (κ3) is 4.59. The van der Waals surface area contributed by atoms with Crippen molar-refractivity contribution >= 4 is 27.5 Å². The number of aromatic nitrogens is 3. The largest absolute Gasteiger partial charge is 0.416 e. The number of nitrogens with one attached hydrogen (secondary N) is 1. The van der Waals surface area contributed by atoms with Crippen LogP contribution < -0.4 is 5.32 Å². The molecule has 2 aromatic heterocycles. The van der Waals surface area contributed by atoms with Gasteiger partial charge >= 0.3 is 12.4 Å². The van der Waals surface area contributed by atoms with Crippen LogP contribution >= 0.6 is 11.3 Å². The molecule has 0 saturated carbocycles. The number of para-hydroxylation sites is 1. The van der Waals surface area contributed by atoms with E-state index in [1.165, 1.54) is 28.4 Å². The molecule has 0 bridgehead atoms. The summed E-state index contributed by atoms with van der Waals surface area (Å²) in [5.74, 6) is -0.705. The number of carbonyl (C=O) groups excluding carboxylic acids is 1. The van der Waals surface area contributed by atoms with Crippen molar-refractivity contribution in [2.75, 3.05) is 0 Å². The Kier molecular flexibility index (Phi) is 5.41. The average molecular weight is 470 g/mol. The van der Waals surface area contributed by atoms with E-state index in [0.29, 0.717) is 17.3 Å². The second-order valence-electron chi connectivity index (χ2n) is 6.73. The molecule has 166 valence electrons. The molecule has 0 fully saturated rings. The van der Waals surface area contributed by atoms with Crippen molar-refractivity contribution in [2.45, 2.75) is 18.9 Å². The lowest BCUT2D eigenvalue weighted by molar-refractivity contribution is -0.143. The first-order chi connectivity index (χ1) is 15.0. The molecule has 0 aliphatic carbocycles. The lowest BCUT2D eigenvalue weighted by Gasteiger charge is -2.14. The summed E-state index contributed by atoms with van der Waals surface area (Å²) in [4.78, 5) is 16.8. The highest BCUT2D eigenvalue weighted by Gasteiger charge is 2.36. The molecule has 1 N–H and O–H groups in total. The second kappa shape index (κ2) is 7.93. The molecule has 0 saturated heterocycles. The van der Waals surface area contributed by atoms with Gasteiger partial charge < -0.3 is 5.32 Å². The minimum Gasteiger partial charge on any atom is -0.348 e. The first-order valence-electron chi connectivity index (χ1n) is 8.98. The Bertz CT molecular complexity index is 1230. The molecule has 32 heavy (non-hydrogen) atoms. The van der Waals surface area contributed by atoms with E-state index in [-0.39, 0.29) is 17.2 Å². The van der Waals surface area contributed by atoms with Crippen LogP contribution in [-0.2, 0) is 18.9 Å². The quantitative estimate of drug-likeness (QED) is 0.404. The third-order valence-electron chi connectivity index (χ3n) is 4.42. The van der Waals surface area contributed by atoms with Crippen LogP contribution in [0, 0.1) is 0 Å². The predicted octanol–water partition coefficient (Wildman–Crippen LogP) is 5.45. The second-order valence-corrected chi connectivity index (χ2v) is 7.74. The van der Waals surface area contributed by atoms with Gasteiger partial charge in [-0.2, -0.15) is 31.4 Å². The SMILES string of the molecule is O=C(NCc1cc(C(F)(F)F)cc(C(F)(F)F)c1)c1cnn(-c2nc3ccccc3s2)c1. The maximum Gasteiger partial charge on any atom is 0.416 e. The molecule has 2 heterocycles. The summed E-state index contributed by atoms with van der Waals surface area (Å²) in [6, 6.07) is 8.54. The number of carbonyl (C=O) groups is 1. The van der Waals surface area contributed by atoms with Gasteiger partial charge in [-0.05, 0) is 35.9 Å². The zero-order chi connectivity index (χ0) is 23.1. The van der Waals surface area contributed by atoms with Crippen molar-refractivity contribution < 1.29 is 31.1 Å². The van der Waals surface area contributed by atoms with Crippen molar-refractivity contribution in [3.8, 4) is 5.13 Å². The Balaban J connectivity index is 1.52. The number of nitrogens with zero attached hydrogens (tertiary/aromatic N) is 3. The number of alkyl halides is 6. The highest BCUT2D eigenvalue weighted by Crippen LogP contribution is 2.36. The number of thiazole rings is 1. The van der Waals surface area contributed by atoms with E-state index >= 15 is 0 Å². The van der Waals surface area contributed by atoms with Crippen molar-refractivity contribution in [3.63, 3.8) is 0 Å². The highest BCUT2D eigenvalue weighted by molar-refractivity contribution is 7.20. The number of hydrogen-bond donors (Lipinski definition) is 1. The van der Waals surface area contributed by atoms with E-state index in [1.54, 1.807) is 0 Å². The molecule has 4 rings (SSSR count). The molecule has 4 aromatic rings. The summed E-state index contributed by atoms with van der Waals surface area (Å²) >= 11 is 1.34. The van der Waals surface area contributed by atoms with Crippen LogP contribution in [0.2, 0.25) is 0 Å². The van der Waals surface area contributed by atoms with Crippen LogP contribution in [0.4, 0.5) is 26.3 Å². The van der Waals surface area contributed by atoms with Crippen LogP contribution in [-0.4, -0.2) is 20.7 Å². The zero-order valence-corrected chi connectivity index (χ0v) is 16.6. The number of rotatable bonds is 4. The van der Waals surface area contributed by atoms with E-state index in [1.807, 2.05) is 24.3 Å². The molecule has 2 aromatic carbocycles. The molecule has 0 aliphatic heterocycles. The van der Waals surface area contributed by atoms with E-state index in [4.69, 9.17) is 0 Å². The fourth-order valence-electron chi connectivity index (χ4n) is 2.91. The maximum absolute atomic E-state index is 13.0. The minimum atomic E-state index is -4.96. The summed E-state index contributed by atoms with van der Waals surface area (Å²) in [6.07, 6.45) is -7.31. The molecule has 0 unspecified atom stereocenters. The van der Waals surface area contributed by atoms with Gasteiger partial charge in [0.15, 0.2) is 0 Å². The average Bonchev–Trinajstić information content (AvgIpc) is 3.37. The fraction of sp³-hybridized carbons (Fsp3) is 0.150. The van der Waals surface area contributed by atoms with Crippen molar-refractivity contribution in [1.29, 1.82) is 0 Å². The lowest BCUT2D eigenvalue weighted by Crippen LogP contribution is -2.23. The molecule has 0 atom stereocenters. The summed E-state index contributed by atoms with van der Waals surface area (Å²) in [6.45, 7) is -0.530. The number of fused-ring (bicyclic) bond motifs is 1. The summed E-state index contributed by atoms with van der Waals surface area (Å²) in [5.41, 5.74) is -2.40. The van der Waals surface area contributed by atoms with Gasteiger partial charge in [-0.1, -0.05) is 23.5 Å². The van der Waals surface area contributed by atoms with Gasteiger partial charge in [0, 0.05) is 12.7 Å². The first-order valence-corrected chi connectivity index (χ1v) is 9.79. The highest BCUT2D eigenvalue weighted by atomic mass is 32.1. The maximum atomic E-state index is 13.0. The Morgan fingerprint density at radius 1 is 1.00 bits per heavy atom. The topological polar surface area (TPSA) is 59.8 Å². The molecular weight excluding hydrogens is 458 g/mol.